The minimum absolute atomic E-state index is 0.172. The highest BCUT2D eigenvalue weighted by Gasteiger charge is 2.46. The predicted molar refractivity (Wildman–Crippen MR) is 96.6 cm³/mol. The van der Waals surface area contributed by atoms with Crippen LogP contribution in [-0.4, -0.2) is 58.8 Å². The molecule has 0 bridgehead atoms. The van der Waals surface area contributed by atoms with E-state index in [1.54, 1.807) is 20.8 Å². The molecule has 1 aromatic carbocycles. The lowest BCUT2D eigenvalue weighted by atomic mass is 10.0. The minimum Gasteiger partial charge on any atom is -0.447 e. The number of hydrogen-bond acceptors (Lipinski definition) is 6. The molecule has 0 aliphatic carbocycles. The Labute approximate surface area is 158 Å². The zero-order valence-electron chi connectivity index (χ0n) is 15.8. The van der Waals surface area contributed by atoms with E-state index in [-0.39, 0.29) is 18.6 Å². The Bertz CT molecular complexity index is 716. The number of imide groups is 1. The van der Waals surface area contributed by atoms with Gasteiger partial charge in [0.1, 0.15) is 18.2 Å². The Hall–Kier alpha value is -2.61. The van der Waals surface area contributed by atoms with Crippen molar-refractivity contribution in [2.45, 2.75) is 51.3 Å². The van der Waals surface area contributed by atoms with Crippen molar-refractivity contribution in [1.82, 2.24) is 15.3 Å². The highest BCUT2D eigenvalue weighted by atomic mass is 16.6. The summed E-state index contributed by atoms with van der Waals surface area (Å²) < 4.78 is 10.3. The molecule has 2 heterocycles. The van der Waals surface area contributed by atoms with Crippen molar-refractivity contribution >= 4 is 18.1 Å². The molecule has 8 heteroatoms. The van der Waals surface area contributed by atoms with Crippen LogP contribution in [0.25, 0.3) is 0 Å². The highest BCUT2D eigenvalue weighted by Crippen LogP contribution is 2.24. The van der Waals surface area contributed by atoms with Crippen molar-refractivity contribution in [3.05, 3.63) is 35.9 Å². The number of hydrogen-bond donors (Lipinski definition) is 1. The third-order valence-electron chi connectivity index (χ3n) is 4.45. The van der Waals surface area contributed by atoms with Gasteiger partial charge in [0.15, 0.2) is 0 Å². The molecule has 2 atom stereocenters. The minimum atomic E-state index is -0.634. The first kappa shape index (κ1) is 19.2. The number of ether oxygens (including phenoxy) is 2. The van der Waals surface area contributed by atoms with Crippen molar-refractivity contribution in [3.8, 4) is 0 Å². The van der Waals surface area contributed by atoms with Crippen molar-refractivity contribution in [2.75, 3.05) is 13.2 Å². The van der Waals surface area contributed by atoms with Gasteiger partial charge in [-0.3, -0.25) is 10.2 Å². The fourth-order valence-corrected chi connectivity index (χ4v) is 3.12. The van der Waals surface area contributed by atoms with E-state index in [9.17, 15) is 14.4 Å². The number of carbonyl (C=O) groups excluding carboxylic acids is 3. The van der Waals surface area contributed by atoms with Gasteiger partial charge in [0.05, 0.1) is 6.04 Å². The third kappa shape index (κ3) is 4.57. The lowest BCUT2D eigenvalue weighted by Crippen LogP contribution is -2.64. The molecule has 146 valence electrons. The molecule has 2 aliphatic heterocycles. The summed E-state index contributed by atoms with van der Waals surface area (Å²) in [6.07, 6.45) is -0.170. The van der Waals surface area contributed by atoms with Gasteiger partial charge in [-0.1, -0.05) is 30.3 Å². The summed E-state index contributed by atoms with van der Waals surface area (Å²) in [6, 6.07) is 8.70. The smallest absolute Gasteiger partial charge is 0.422 e. The van der Waals surface area contributed by atoms with E-state index in [1.165, 1.54) is 9.91 Å². The number of hydrazine groups is 1. The van der Waals surface area contributed by atoms with Crippen LogP contribution in [0.4, 0.5) is 9.59 Å². The molecule has 0 unspecified atom stereocenters. The van der Waals surface area contributed by atoms with Gasteiger partial charge in [0.2, 0.25) is 0 Å². The first-order chi connectivity index (χ1) is 12.7. The first-order valence-corrected chi connectivity index (χ1v) is 9.04. The van der Waals surface area contributed by atoms with Crippen LogP contribution in [0.2, 0.25) is 0 Å². The number of nitrogens with zero attached hydrogens (tertiary/aromatic N) is 2. The van der Waals surface area contributed by atoms with Gasteiger partial charge in [-0.05, 0) is 39.2 Å². The molecule has 0 radical (unpaired) electrons. The SMILES string of the molecule is CC(C)(C)OC(=O)NN1CC[C@@H]1C(=O)N1C(=O)OC[C@@H]1Cc1ccccc1. The highest BCUT2D eigenvalue weighted by molar-refractivity contribution is 5.97. The van der Waals surface area contributed by atoms with Gasteiger partial charge in [-0.25, -0.2) is 19.5 Å². The van der Waals surface area contributed by atoms with Crippen LogP contribution >= 0.6 is 0 Å². The van der Waals surface area contributed by atoms with Crippen LogP contribution in [-0.2, 0) is 20.7 Å². The molecule has 1 aromatic rings. The van der Waals surface area contributed by atoms with E-state index in [2.05, 4.69) is 5.43 Å². The number of amides is 3. The Morgan fingerprint density at radius 2 is 1.96 bits per heavy atom. The van der Waals surface area contributed by atoms with Crippen molar-refractivity contribution < 1.29 is 23.9 Å². The molecule has 27 heavy (non-hydrogen) atoms. The second kappa shape index (κ2) is 7.56. The van der Waals surface area contributed by atoms with Gasteiger partial charge < -0.3 is 9.47 Å². The maximum absolute atomic E-state index is 12.9. The zero-order chi connectivity index (χ0) is 19.6. The summed E-state index contributed by atoms with van der Waals surface area (Å²) in [5.41, 5.74) is 2.97. The van der Waals surface area contributed by atoms with Crippen LogP contribution < -0.4 is 5.43 Å². The molecule has 3 rings (SSSR count). The average Bonchev–Trinajstić information content (AvgIpc) is 2.91. The maximum Gasteiger partial charge on any atom is 0.422 e. The Balaban J connectivity index is 1.63. The maximum atomic E-state index is 12.9. The number of cyclic esters (lactones) is 1. The molecule has 1 N–H and O–H groups in total. The van der Waals surface area contributed by atoms with Crippen LogP contribution in [0.15, 0.2) is 30.3 Å². The first-order valence-electron chi connectivity index (χ1n) is 9.04. The molecule has 2 aliphatic rings. The summed E-state index contributed by atoms with van der Waals surface area (Å²) >= 11 is 0. The van der Waals surface area contributed by atoms with Crippen LogP contribution in [0.5, 0.6) is 0 Å². The van der Waals surface area contributed by atoms with Gasteiger partial charge in [-0.2, -0.15) is 0 Å². The predicted octanol–water partition coefficient (Wildman–Crippen LogP) is 2.09. The second-order valence-electron chi connectivity index (χ2n) is 7.74. The Kier molecular flexibility index (Phi) is 5.36. The normalized spacial score (nSPS) is 22.8. The summed E-state index contributed by atoms with van der Waals surface area (Å²) in [5.74, 6) is -0.360. The van der Waals surface area contributed by atoms with E-state index in [0.29, 0.717) is 19.4 Å². The average molecular weight is 375 g/mol. The monoisotopic (exact) mass is 375 g/mol. The van der Waals surface area contributed by atoms with E-state index in [1.807, 2.05) is 30.3 Å². The Morgan fingerprint density at radius 3 is 2.56 bits per heavy atom. The fourth-order valence-electron chi connectivity index (χ4n) is 3.12. The van der Waals surface area contributed by atoms with Gasteiger partial charge in [0, 0.05) is 6.54 Å². The van der Waals surface area contributed by atoms with Gasteiger partial charge in [-0.15, -0.1) is 0 Å². The summed E-state index contributed by atoms with van der Waals surface area (Å²) in [5, 5.41) is 1.50. The van der Waals surface area contributed by atoms with E-state index >= 15 is 0 Å². The number of benzene rings is 1. The van der Waals surface area contributed by atoms with Gasteiger partial charge >= 0.3 is 12.2 Å². The Morgan fingerprint density at radius 1 is 1.26 bits per heavy atom. The molecule has 8 nitrogen and oxygen atoms in total. The molecule has 2 saturated heterocycles. The van der Waals surface area contributed by atoms with Crippen molar-refractivity contribution in [3.63, 3.8) is 0 Å². The van der Waals surface area contributed by atoms with Crippen molar-refractivity contribution in [1.29, 1.82) is 0 Å². The van der Waals surface area contributed by atoms with Crippen LogP contribution in [0.1, 0.15) is 32.8 Å². The summed E-state index contributed by atoms with van der Waals surface area (Å²) in [7, 11) is 0. The molecular weight excluding hydrogens is 350 g/mol. The van der Waals surface area contributed by atoms with E-state index in [4.69, 9.17) is 9.47 Å². The number of rotatable bonds is 4. The largest absolute Gasteiger partial charge is 0.447 e. The second-order valence-corrected chi connectivity index (χ2v) is 7.74. The summed E-state index contributed by atoms with van der Waals surface area (Å²) in [4.78, 5) is 38.1. The van der Waals surface area contributed by atoms with Crippen LogP contribution in [0.3, 0.4) is 0 Å². The van der Waals surface area contributed by atoms with Crippen molar-refractivity contribution in [2.24, 2.45) is 0 Å². The number of nitrogens with one attached hydrogen (secondary N) is 1. The van der Waals surface area contributed by atoms with Gasteiger partial charge in [0.25, 0.3) is 5.91 Å². The van der Waals surface area contributed by atoms with E-state index in [0.717, 1.165) is 5.56 Å². The lowest BCUT2D eigenvalue weighted by molar-refractivity contribution is -0.141. The lowest BCUT2D eigenvalue weighted by Gasteiger charge is -2.41. The topological polar surface area (TPSA) is 88.2 Å². The standard InChI is InChI=1S/C19H25N3O5/c1-19(2,3)27-17(24)20-21-10-9-15(21)16(23)22-14(12-26-18(22)25)11-13-7-5-4-6-8-13/h4-8,14-15H,9-12H2,1-3H3,(H,20,24)/t14-,15+/m0/s1. The molecule has 0 spiro atoms. The molecular formula is C19H25N3O5. The summed E-state index contributed by atoms with van der Waals surface area (Å²) in [6.45, 7) is 5.98. The molecule has 2 fully saturated rings. The number of carbonyl (C=O) groups is 3. The third-order valence-corrected chi connectivity index (χ3v) is 4.45. The quantitative estimate of drug-likeness (QED) is 0.867. The van der Waals surface area contributed by atoms with E-state index < -0.39 is 23.8 Å². The zero-order valence-corrected chi connectivity index (χ0v) is 15.8. The fraction of sp³-hybridized carbons (Fsp3) is 0.526. The molecule has 3 amide bonds. The van der Waals surface area contributed by atoms with Crippen LogP contribution in [0, 0.1) is 0 Å². The molecule has 0 aromatic heterocycles. The molecule has 0 saturated carbocycles.